The molecular formula is C12H18N2O4S2. The van der Waals surface area contributed by atoms with Crippen LogP contribution in [-0.4, -0.2) is 22.4 Å². The molecule has 6 nitrogen and oxygen atoms in total. The largest absolute Gasteiger partial charge is 0.241 e. The number of nitrogens with one attached hydrogen (secondary N) is 1. The molecule has 0 amide bonds. The van der Waals surface area contributed by atoms with Gasteiger partial charge in [-0.15, -0.1) is 0 Å². The van der Waals surface area contributed by atoms with Crippen LogP contribution in [0.3, 0.4) is 0 Å². The van der Waals surface area contributed by atoms with E-state index in [1.807, 2.05) is 6.92 Å². The first-order valence-electron chi connectivity index (χ1n) is 6.29. The summed E-state index contributed by atoms with van der Waals surface area (Å²) in [6, 6.07) is 4.89. The Labute approximate surface area is 119 Å². The number of benzene rings is 1. The Morgan fingerprint density at radius 3 is 1.90 bits per heavy atom. The SMILES string of the molecule is CC1(NS(=O)(=O)c2ccc(S(N)(=O)=O)cc2)CCCC1. The molecule has 0 unspecified atom stereocenters. The van der Waals surface area contributed by atoms with Crippen LogP contribution in [0.25, 0.3) is 0 Å². The highest BCUT2D eigenvalue weighted by Crippen LogP contribution is 2.30. The van der Waals surface area contributed by atoms with Crippen molar-refractivity contribution in [2.75, 3.05) is 0 Å². The molecule has 1 fully saturated rings. The van der Waals surface area contributed by atoms with E-state index in [0.717, 1.165) is 25.7 Å². The van der Waals surface area contributed by atoms with Crippen LogP contribution in [0.2, 0.25) is 0 Å². The van der Waals surface area contributed by atoms with Gasteiger partial charge >= 0.3 is 0 Å². The van der Waals surface area contributed by atoms with Crippen molar-refractivity contribution in [1.29, 1.82) is 0 Å². The number of hydrogen-bond acceptors (Lipinski definition) is 4. The Bertz CT molecular complexity index is 687. The maximum Gasteiger partial charge on any atom is 0.241 e. The van der Waals surface area contributed by atoms with Gasteiger partial charge in [0.1, 0.15) is 0 Å². The summed E-state index contributed by atoms with van der Waals surface area (Å²) in [7, 11) is -7.46. The first kappa shape index (κ1) is 15.4. The second-order valence-electron chi connectivity index (χ2n) is 5.39. The fourth-order valence-corrected chi connectivity index (χ4v) is 4.43. The Balaban J connectivity index is 2.26. The summed E-state index contributed by atoms with van der Waals surface area (Å²) in [6.45, 7) is 1.89. The minimum Gasteiger partial charge on any atom is -0.225 e. The maximum atomic E-state index is 12.3. The van der Waals surface area contributed by atoms with Crippen molar-refractivity contribution in [3.8, 4) is 0 Å². The highest BCUT2D eigenvalue weighted by atomic mass is 32.2. The van der Waals surface area contributed by atoms with Gasteiger partial charge < -0.3 is 0 Å². The van der Waals surface area contributed by atoms with E-state index in [-0.39, 0.29) is 9.79 Å². The molecule has 1 saturated carbocycles. The van der Waals surface area contributed by atoms with Gasteiger partial charge in [0.2, 0.25) is 20.0 Å². The van der Waals surface area contributed by atoms with E-state index in [0.29, 0.717) is 0 Å². The zero-order valence-electron chi connectivity index (χ0n) is 11.2. The first-order chi connectivity index (χ1) is 9.12. The van der Waals surface area contributed by atoms with Crippen molar-refractivity contribution in [2.45, 2.75) is 47.9 Å². The quantitative estimate of drug-likeness (QED) is 0.861. The van der Waals surface area contributed by atoms with Crippen LogP contribution in [0.4, 0.5) is 0 Å². The Morgan fingerprint density at radius 2 is 1.45 bits per heavy atom. The molecule has 112 valence electrons. The van der Waals surface area contributed by atoms with E-state index in [2.05, 4.69) is 4.72 Å². The average molecular weight is 318 g/mol. The molecule has 0 spiro atoms. The van der Waals surface area contributed by atoms with Crippen molar-refractivity contribution < 1.29 is 16.8 Å². The molecule has 0 atom stereocenters. The summed E-state index contributed by atoms with van der Waals surface area (Å²) < 4.78 is 49.5. The number of primary sulfonamides is 1. The Morgan fingerprint density at radius 1 is 1.00 bits per heavy atom. The molecule has 1 aliphatic rings. The van der Waals surface area contributed by atoms with Gasteiger partial charge in [0.15, 0.2) is 0 Å². The topological polar surface area (TPSA) is 106 Å². The van der Waals surface area contributed by atoms with Gasteiger partial charge in [-0.3, -0.25) is 0 Å². The highest BCUT2D eigenvalue weighted by Gasteiger charge is 2.33. The smallest absolute Gasteiger partial charge is 0.225 e. The average Bonchev–Trinajstić information content (AvgIpc) is 2.74. The van der Waals surface area contributed by atoms with Crippen LogP contribution >= 0.6 is 0 Å². The molecule has 0 aliphatic heterocycles. The molecule has 0 heterocycles. The number of hydrogen-bond donors (Lipinski definition) is 2. The van der Waals surface area contributed by atoms with Crippen molar-refractivity contribution in [1.82, 2.24) is 4.72 Å². The molecule has 0 aromatic heterocycles. The first-order valence-corrected chi connectivity index (χ1v) is 9.32. The van der Waals surface area contributed by atoms with Gasteiger partial charge in [0.25, 0.3) is 0 Å². The van der Waals surface area contributed by atoms with Gasteiger partial charge in [-0.05, 0) is 44.0 Å². The molecule has 0 radical (unpaired) electrons. The summed E-state index contributed by atoms with van der Waals surface area (Å²) in [5, 5.41) is 4.98. The third kappa shape index (κ3) is 3.38. The molecule has 1 aromatic rings. The fraction of sp³-hybridized carbons (Fsp3) is 0.500. The summed E-state index contributed by atoms with van der Waals surface area (Å²) in [5.74, 6) is 0. The van der Waals surface area contributed by atoms with Crippen LogP contribution in [0, 0.1) is 0 Å². The van der Waals surface area contributed by atoms with Crippen LogP contribution in [0.1, 0.15) is 32.6 Å². The molecular weight excluding hydrogens is 300 g/mol. The van der Waals surface area contributed by atoms with Crippen molar-refractivity contribution in [3.63, 3.8) is 0 Å². The minimum atomic E-state index is -3.81. The van der Waals surface area contributed by atoms with E-state index in [1.165, 1.54) is 24.3 Å². The van der Waals surface area contributed by atoms with Crippen LogP contribution in [-0.2, 0) is 20.0 Å². The molecule has 8 heteroatoms. The van der Waals surface area contributed by atoms with Gasteiger partial charge in [0.05, 0.1) is 9.79 Å². The lowest BCUT2D eigenvalue weighted by atomic mass is 10.0. The molecule has 3 N–H and O–H groups in total. The summed E-state index contributed by atoms with van der Waals surface area (Å²) in [5.41, 5.74) is -0.419. The molecule has 20 heavy (non-hydrogen) atoms. The summed E-state index contributed by atoms with van der Waals surface area (Å²) in [4.78, 5) is -0.0680. The van der Waals surface area contributed by atoms with Gasteiger partial charge in [-0.2, -0.15) is 0 Å². The lowest BCUT2D eigenvalue weighted by Gasteiger charge is -2.24. The number of sulfonamides is 2. The minimum absolute atomic E-state index is 0.0398. The normalized spacial score (nSPS) is 19.1. The number of rotatable bonds is 4. The van der Waals surface area contributed by atoms with Crippen LogP contribution in [0.15, 0.2) is 34.1 Å². The molecule has 0 bridgehead atoms. The zero-order chi connectivity index (χ0) is 15.0. The van der Waals surface area contributed by atoms with E-state index in [4.69, 9.17) is 5.14 Å². The Hall–Kier alpha value is -0.960. The monoisotopic (exact) mass is 318 g/mol. The van der Waals surface area contributed by atoms with Crippen molar-refractivity contribution >= 4 is 20.0 Å². The molecule has 0 saturated heterocycles. The second-order valence-corrected chi connectivity index (χ2v) is 8.63. The summed E-state index contributed by atoms with van der Waals surface area (Å²) >= 11 is 0. The van der Waals surface area contributed by atoms with Crippen LogP contribution < -0.4 is 9.86 Å². The van der Waals surface area contributed by atoms with E-state index >= 15 is 0 Å². The molecule has 2 rings (SSSR count). The number of nitrogens with two attached hydrogens (primary N) is 1. The van der Waals surface area contributed by atoms with E-state index < -0.39 is 25.6 Å². The highest BCUT2D eigenvalue weighted by molar-refractivity contribution is 7.89. The third-order valence-electron chi connectivity index (χ3n) is 3.55. The third-order valence-corrected chi connectivity index (χ3v) is 6.13. The second kappa shape index (κ2) is 5.10. The van der Waals surface area contributed by atoms with Crippen molar-refractivity contribution in [3.05, 3.63) is 24.3 Å². The van der Waals surface area contributed by atoms with Gasteiger partial charge in [-0.25, -0.2) is 26.7 Å². The lowest BCUT2D eigenvalue weighted by Crippen LogP contribution is -2.43. The van der Waals surface area contributed by atoms with Crippen molar-refractivity contribution in [2.24, 2.45) is 5.14 Å². The molecule has 1 aliphatic carbocycles. The van der Waals surface area contributed by atoms with E-state index in [1.54, 1.807) is 0 Å². The van der Waals surface area contributed by atoms with Gasteiger partial charge in [0, 0.05) is 5.54 Å². The molecule has 1 aromatic carbocycles. The Kier molecular flexibility index (Phi) is 3.94. The van der Waals surface area contributed by atoms with Gasteiger partial charge in [-0.1, -0.05) is 12.8 Å². The predicted octanol–water partition coefficient (Wildman–Crippen LogP) is 0.945. The van der Waals surface area contributed by atoms with E-state index in [9.17, 15) is 16.8 Å². The fourth-order valence-electron chi connectivity index (χ4n) is 2.45. The predicted molar refractivity (Wildman–Crippen MR) is 75.0 cm³/mol. The van der Waals surface area contributed by atoms with Crippen LogP contribution in [0.5, 0.6) is 0 Å². The summed E-state index contributed by atoms with van der Waals surface area (Å²) in [6.07, 6.45) is 3.62. The zero-order valence-corrected chi connectivity index (χ0v) is 12.8. The lowest BCUT2D eigenvalue weighted by molar-refractivity contribution is 0.427. The maximum absolute atomic E-state index is 12.3. The standard InChI is InChI=1S/C12H18N2O4S2/c1-12(8-2-3-9-12)14-20(17,18)11-6-4-10(5-7-11)19(13,15)16/h4-7,14H,2-3,8-9H2,1H3,(H2,13,15,16).